The highest BCUT2D eigenvalue weighted by Gasteiger charge is 2.11. The smallest absolute Gasteiger partial charge is 0.133 e. The van der Waals surface area contributed by atoms with Crippen LogP contribution in [-0.2, 0) is 0 Å². The van der Waals surface area contributed by atoms with Gasteiger partial charge in [-0.25, -0.2) is 0 Å². The summed E-state index contributed by atoms with van der Waals surface area (Å²) in [5.41, 5.74) is 2.34. The third-order valence-corrected chi connectivity index (χ3v) is 3.59. The van der Waals surface area contributed by atoms with Crippen LogP contribution >= 0.6 is 15.9 Å². The largest absolute Gasteiger partial charge is 0.457 e. The molecule has 1 atom stereocenters. The lowest BCUT2D eigenvalue weighted by atomic mass is 10.1. The first-order valence-electron chi connectivity index (χ1n) is 6.31. The summed E-state index contributed by atoms with van der Waals surface area (Å²) < 4.78 is 7.04. The van der Waals surface area contributed by atoms with E-state index in [4.69, 9.17) is 4.74 Å². The standard InChI is InChI=1S/C16H18BrNO/c1-11-5-4-6-14(9-11)19-16-10-13(17)7-8-15(16)12(2)18-3/h4-10,12,18H,1-3H3. The molecule has 0 aromatic heterocycles. The summed E-state index contributed by atoms with van der Waals surface area (Å²) in [6.07, 6.45) is 0. The van der Waals surface area contributed by atoms with Crippen LogP contribution in [-0.4, -0.2) is 7.05 Å². The fraction of sp³-hybridized carbons (Fsp3) is 0.250. The van der Waals surface area contributed by atoms with Crippen LogP contribution in [0.3, 0.4) is 0 Å². The minimum Gasteiger partial charge on any atom is -0.457 e. The van der Waals surface area contributed by atoms with Gasteiger partial charge in [-0.1, -0.05) is 34.1 Å². The van der Waals surface area contributed by atoms with Crippen LogP contribution in [0.2, 0.25) is 0 Å². The van der Waals surface area contributed by atoms with E-state index in [9.17, 15) is 0 Å². The average molecular weight is 320 g/mol. The van der Waals surface area contributed by atoms with Crippen LogP contribution in [0.15, 0.2) is 46.9 Å². The Labute approximate surface area is 122 Å². The van der Waals surface area contributed by atoms with Crippen LogP contribution in [0, 0.1) is 6.92 Å². The van der Waals surface area contributed by atoms with Crippen molar-refractivity contribution in [3.05, 3.63) is 58.1 Å². The number of halogens is 1. The van der Waals surface area contributed by atoms with Gasteiger partial charge in [-0.3, -0.25) is 0 Å². The van der Waals surface area contributed by atoms with E-state index in [0.29, 0.717) is 0 Å². The summed E-state index contributed by atoms with van der Waals surface area (Å²) in [5.74, 6) is 1.74. The van der Waals surface area contributed by atoms with Crippen LogP contribution in [0.25, 0.3) is 0 Å². The lowest BCUT2D eigenvalue weighted by Crippen LogP contribution is -2.13. The topological polar surface area (TPSA) is 21.3 Å². The molecule has 0 aliphatic rings. The second-order valence-electron chi connectivity index (χ2n) is 4.61. The quantitative estimate of drug-likeness (QED) is 0.871. The van der Waals surface area contributed by atoms with Gasteiger partial charge in [0.05, 0.1) is 0 Å². The molecule has 2 rings (SSSR count). The normalized spacial score (nSPS) is 12.2. The SMILES string of the molecule is CNC(C)c1ccc(Br)cc1Oc1cccc(C)c1. The Hall–Kier alpha value is -1.32. The van der Waals surface area contributed by atoms with Gasteiger partial charge in [-0.05, 0) is 50.7 Å². The van der Waals surface area contributed by atoms with Crippen molar-refractivity contribution in [3.63, 3.8) is 0 Å². The van der Waals surface area contributed by atoms with Crippen molar-refractivity contribution in [3.8, 4) is 11.5 Å². The maximum absolute atomic E-state index is 6.02. The highest BCUT2D eigenvalue weighted by atomic mass is 79.9. The van der Waals surface area contributed by atoms with E-state index in [2.05, 4.69) is 47.2 Å². The second-order valence-corrected chi connectivity index (χ2v) is 5.53. The van der Waals surface area contributed by atoms with Crippen LogP contribution in [0.5, 0.6) is 11.5 Å². The lowest BCUT2D eigenvalue weighted by Gasteiger charge is -2.17. The summed E-state index contributed by atoms with van der Waals surface area (Å²) in [6.45, 7) is 4.18. The van der Waals surface area contributed by atoms with Crippen molar-refractivity contribution in [2.24, 2.45) is 0 Å². The van der Waals surface area contributed by atoms with Gasteiger partial charge in [0.25, 0.3) is 0 Å². The first kappa shape index (κ1) is 14.1. The van der Waals surface area contributed by atoms with E-state index < -0.39 is 0 Å². The Kier molecular flexibility index (Phi) is 4.61. The van der Waals surface area contributed by atoms with E-state index >= 15 is 0 Å². The monoisotopic (exact) mass is 319 g/mol. The third kappa shape index (κ3) is 3.58. The summed E-state index contributed by atoms with van der Waals surface area (Å²) in [7, 11) is 1.95. The summed E-state index contributed by atoms with van der Waals surface area (Å²) in [6, 6.07) is 14.4. The molecule has 0 saturated heterocycles. The highest BCUT2D eigenvalue weighted by Crippen LogP contribution is 2.32. The molecular weight excluding hydrogens is 302 g/mol. The molecule has 19 heavy (non-hydrogen) atoms. The minimum atomic E-state index is 0.243. The van der Waals surface area contributed by atoms with Crippen molar-refractivity contribution in [1.29, 1.82) is 0 Å². The van der Waals surface area contributed by atoms with E-state index in [1.165, 1.54) is 5.56 Å². The first-order valence-corrected chi connectivity index (χ1v) is 7.10. The van der Waals surface area contributed by atoms with Crippen molar-refractivity contribution in [1.82, 2.24) is 5.32 Å². The van der Waals surface area contributed by atoms with Gasteiger partial charge in [0.2, 0.25) is 0 Å². The Morgan fingerprint density at radius 2 is 1.95 bits per heavy atom. The number of hydrogen-bond acceptors (Lipinski definition) is 2. The molecule has 0 spiro atoms. The lowest BCUT2D eigenvalue weighted by molar-refractivity contribution is 0.465. The highest BCUT2D eigenvalue weighted by molar-refractivity contribution is 9.10. The Balaban J connectivity index is 2.35. The Morgan fingerprint density at radius 3 is 2.63 bits per heavy atom. The molecule has 2 aromatic rings. The van der Waals surface area contributed by atoms with Gasteiger partial charge in [-0.2, -0.15) is 0 Å². The molecule has 0 fully saturated rings. The molecule has 0 aliphatic heterocycles. The Bertz CT molecular complexity index is 568. The fourth-order valence-corrected chi connectivity index (χ4v) is 2.26. The Morgan fingerprint density at radius 1 is 1.16 bits per heavy atom. The van der Waals surface area contributed by atoms with Gasteiger partial charge < -0.3 is 10.1 Å². The van der Waals surface area contributed by atoms with E-state index in [1.807, 2.05) is 37.4 Å². The molecule has 3 heteroatoms. The molecule has 1 unspecified atom stereocenters. The minimum absolute atomic E-state index is 0.243. The molecular formula is C16H18BrNO. The van der Waals surface area contributed by atoms with Gasteiger partial charge in [0.15, 0.2) is 0 Å². The van der Waals surface area contributed by atoms with Crippen LogP contribution in [0.1, 0.15) is 24.1 Å². The molecule has 2 aromatic carbocycles. The average Bonchev–Trinajstić information content (AvgIpc) is 2.38. The zero-order valence-corrected chi connectivity index (χ0v) is 13.0. The predicted molar refractivity (Wildman–Crippen MR) is 82.9 cm³/mol. The van der Waals surface area contributed by atoms with E-state index in [1.54, 1.807) is 0 Å². The molecule has 0 heterocycles. The molecule has 0 amide bonds. The van der Waals surface area contributed by atoms with Crippen molar-refractivity contribution in [2.45, 2.75) is 19.9 Å². The van der Waals surface area contributed by atoms with E-state index in [0.717, 1.165) is 21.5 Å². The summed E-state index contributed by atoms with van der Waals surface area (Å²) >= 11 is 3.49. The summed E-state index contributed by atoms with van der Waals surface area (Å²) in [5, 5.41) is 3.24. The molecule has 0 bridgehead atoms. The third-order valence-electron chi connectivity index (χ3n) is 3.09. The van der Waals surface area contributed by atoms with Crippen molar-refractivity contribution >= 4 is 15.9 Å². The number of nitrogens with one attached hydrogen (secondary N) is 1. The number of aryl methyl sites for hydroxylation is 1. The molecule has 0 radical (unpaired) electrons. The first-order chi connectivity index (χ1) is 9.10. The zero-order chi connectivity index (χ0) is 13.8. The molecule has 0 saturated carbocycles. The number of hydrogen-bond donors (Lipinski definition) is 1. The predicted octanol–water partition coefficient (Wildman–Crippen LogP) is 4.83. The second kappa shape index (κ2) is 6.22. The zero-order valence-electron chi connectivity index (χ0n) is 11.4. The van der Waals surface area contributed by atoms with Crippen molar-refractivity contribution in [2.75, 3.05) is 7.05 Å². The van der Waals surface area contributed by atoms with Gasteiger partial charge in [0.1, 0.15) is 11.5 Å². The van der Waals surface area contributed by atoms with Gasteiger partial charge in [-0.15, -0.1) is 0 Å². The molecule has 100 valence electrons. The maximum Gasteiger partial charge on any atom is 0.133 e. The van der Waals surface area contributed by atoms with Crippen molar-refractivity contribution < 1.29 is 4.74 Å². The maximum atomic E-state index is 6.02. The number of benzene rings is 2. The molecule has 1 N–H and O–H groups in total. The van der Waals surface area contributed by atoms with E-state index in [-0.39, 0.29) is 6.04 Å². The van der Waals surface area contributed by atoms with Crippen LogP contribution in [0.4, 0.5) is 0 Å². The summed E-state index contributed by atoms with van der Waals surface area (Å²) in [4.78, 5) is 0. The van der Waals surface area contributed by atoms with Gasteiger partial charge >= 0.3 is 0 Å². The molecule has 0 aliphatic carbocycles. The molecule has 2 nitrogen and oxygen atoms in total. The fourth-order valence-electron chi connectivity index (χ4n) is 1.92. The van der Waals surface area contributed by atoms with Crippen LogP contribution < -0.4 is 10.1 Å². The number of rotatable bonds is 4. The van der Waals surface area contributed by atoms with Gasteiger partial charge in [0, 0.05) is 16.1 Å². The number of ether oxygens (including phenoxy) is 1.